The summed E-state index contributed by atoms with van der Waals surface area (Å²) in [5.74, 6) is -0.206. The monoisotopic (exact) mass is 364 g/mol. The molecule has 0 bridgehead atoms. The van der Waals surface area contributed by atoms with E-state index in [0.29, 0.717) is 16.8 Å². The molecule has 0 spiro atoms. The average molecular weight is 365 g/mol. The Kier molecular flexibility index (Phi) is 4.71. The van der Waals surface area contributed by atoms with Gasteiger partial charge in [-0.2, -0.15) is 0 Å². The molecular weight excluding hydrogens is 347 g/mol. The predicted molar refractivity (Wildman–Crippen MR) is 80.3 cm³/mol. The third-order valence-electron chi connectivity index (χ3n) is 3.47. The molecule has 1 aliphatic rings. The van der Waals surface area contributed by atoms with Crippen LogP contribution in [0.5, 0.6) is 0 Å². The van der Waals surface area contributed by atoms with E-state index in [1.54, 1.807) is 0 Å². The number of anilines is 1. The highest BCUT2D eigenvalue weighted by Gasteiger charge is 2.29. The lowest BCUT2D eigenvalue weighted by atomic mass is 10.1. The lowest BCUT2D eigenvalue weighted by Crippen LogP contribution is -2.35. The molecule has 3 N–H and O–H groups in total. The smallest absolute Gasteiger partial charge is 0.243 e. The van der Waals surface area contributed by atoms with Gasteiger partial charge in [0.15, 0.2) is 0 Å². The Labute approximate surface area is 127 Å². The SMILES string of the molecule is CCC(CC1CC1)NS(=O)(=O)c1cc(N)c(Br)cc1F. The normalized spacial score (nSPS) is 17.1. The highest BCUT2D eigenvalue weighted by atomic mass is 79.9. The van der Waals surface area contributed by atoms with Crippen LogP contribution < -0.4 is 10.5 Å². The molecule has 0 aromatic heterocycles. The van der Waals surface area contributed by atoms with Gasteiger partial charge in [0.2, 0.25) is 10.0 Å². The van der Waals surface area contributed by atoms with Gasteiger partial charge in [0.1, 0.15) is 10.7 Å². The number of nitrogens with one attached hydrogen (secondary N) is 1. The van der Waals surface area contributed by atoms with E-state index >= 15 is 0 Å². The molecule has 0 amide bonds. The first-order chi connectivity index (χ1) is 9.33. The molecule has 0 aliphatic heterocycles. The van der Waals surface area contributed by atoms with Crippen LogP contribution in [-0.2, 0) is 10.0 Å². The number of rotatable bonds is 6. The Morgan fingerprint density at radius 3 is 2.70 bits per heavy atom. The molecule has 4 nitrogen and oxygen atoms in total. The number of halogens is 2. The minimum Gasteiger partial charge on any atom is -0.398 e. The van der Waals surface area contributed by atoms with Crippen molar-refractivity contribution in [3.05, 3.63) is 22.4 Å². The first kappa shape index (κ1) is 15.7. The minimum absolute atomic E-state index is 0.156. The van der Waals surface area contributed by atoms with Crippen LogP contribution in [0.15, 0.2) is 21.5 Å². The number of hydrogen-bond acceptors (Lipinski definition) is 3. The molecule has 112 valence electrons. The van der Waals surface area contributed by atoms with Crippen molar-refractivity contribution < 1.29 is 12.8 Å². The standard InChI is InChI=1S/C13H18BrFN2O2S/c1-2-9(5-8-3-4-8)17-20(18,19)13-7-12(16)10(14)6-11(13)15/h6-9,17H,2-5,16H2,1H3. The van der Waals surface area contributed by atoms with Gasteiger partial charge in [-0.05, 0) is 46.8 Å². The van der Waals surface area contributed by atoms with E-state index in [0.717, 1.165) is 31.4 Å². The summed E-state index contributed by atoms with van der Waals surface area (Å²) < 4.78 is 41.3. The zero-order valence-electron chi connectivity index (χ0n) is 11.2. The van der Waals surface area contributed by atoms with Gasteiger partial charge < -0.3 is 5.73 Å². The van der Waals surface area contributed by atoms with E-state index < -0.39 is 20.7 Å². The van der Waals surface area contributed by atoms with Crippen LogP contribution in [0.4, 0.5) is 10.1 Å². The fourth-order valence-electron chi connectivity index (χ4n) is 2.09. The quantitative estimate of drug-likeness (QED) is 0.762. The number of nitrogens with two attached hydrogens (primary N) is 1. The van der Waals surface area contributed by atoms with Gasteiger partial charge in [-0.15, -0.1) is 0 Å². The van der Waals surface area contributed by atoms with E-state index in [4.69, 9.17) is 5.73 Å². The second-order valence-corrected chi connectivity index (χ2v) is 7.75. The molecule has 0 heterocycles. The molecule has 1 saturated carbocycles. The van der Waals surface area contributed by atoms with Gasteiger partial charge in [0.05, 0.1) is 0 Å². The van der Waals surface area contributed by atoms with Crippen molar-refractivity contribution in [2.45, 2.75) is 43.5 Å². The van der Waals surface area contributed by atoms with Crippen molar-refractivity contribution >= 4 is 31.6 Å². The van der Waals surface area contributed by atoms with Crippen LogP contribution in [0.3, 0.4) is 0 Å². The van der Waals surface area contributed by atoms with E-state index in [2.05, 4.69) is 20.7 Å². The first-order valence-corrected chi connectivity index (χ1v) is 8.88. The number of sulfonamides is 1. The molecule has 1 aromatic rings. The van der Waals surface area contributed by atoms with Gasteiger partial charge in [0.25, 0.3) is 0 Å². The summed E-state index contributed by atoms with van der Waals surface area (Å²) in [6, 6.07) is 2.06. The fourth-order valence-corrected chi connectivity index (χ4v) is 3.83. The van der Waals surface area contributed by atoms with Crippen LogP contribution >= 0.6 is 15.9 Å². The van der Waals surface area contributed by atoms with Crippen molar-refractivity contribution in [2.75, 3.05) is 5.73 Å². The zero-order valence-corrected chi connectivity index (χ0v) is 13.6. The molecule has 2 rings (SSSR count). The van der Waals surface area contributed by atoms with E-state index in [1.807, 2.05) is 6.92 Å². The van der Waals surface area contributed by atoms with Gasteiger partial charge in [-0.3, -0.25) is 0 Å². The third kappa shape index (κ3) is 3.71. The molecule has 1 aromatic carbocycles. The Morgan fingerprint density at radius 1 is 1.50 bits per heavy atom. The minimum atomic E-state index is -3.89. The first-order valence-electron chi connectivity index (χ1n) is 6.60. The number of hydrogen-bond donors (Lipinski definition) is 2. The lowest BCUT2D eigenvalue weighted by Gasteiger charge is -2.17. The van der Waals surface area contributed by atoms with E-state index in [-0.39, 0.29) is 11.7 Å². The van der Waals surface area contributed by atoms with Crippen LogP contribution in [-0.4, -0.2) is 14.5 Å². The maximum absolute atomic E-state index is 13.9. The average Bonchev–Trinajstić information content (AvgIpc) is 3.16. The summed E-state index contributed by atoms with van der Waals surface area (Å²) in [4.78, 5) is -0.396. The Hall–Kier alpha value is -0.660. The summed E-state index contributed by atoms with van der Waals surface area (Å²) in [5, 5.41) is 0. The highest BCUT2D eigenvalue weighted by Crippen LogP contribution is 2.34. The number of benzene rings is 1. The van der Waals surface area contributed by atoms with Crippen LogP contribution in [0, 0.1) is 11.7 Å². The highest BCUT2D eigenvalue weighted by molar-refractivity contribution is 9.10. The van der Waals surface area contributed by atoms with Crippen molar-refractivity contribution in [1.29, 1.82) is 0 Å². The Balaban J connectivity index is 2.22. The van der Waals surface area contributed by atoms with Crippen molar-refractivity contribution in [3.8, 4) is 0 Å². The topological polar surface area (TPSA) is 72.2 Å². The Morgan fingerprint density at radius 2 is 2.15 bits per heavy atom. The Bertz CT molecular complexity index is 603. The van der Waals surface area contributed by atoms with E-state index in [9.17, 15) is 12.8 Å². The van der Waals surface area contributed by atoms with Crippen molar-refractivity contribution in [2.24, 2.45) is 5.92 Å². The van der Waals surface area contributed by atoms with Gasteiger partial charge in [-0.25, -0.2) is 17.5 Å². The molecule has 20 heavy (non-hydrogen) atoms. The molecular formula is C13H18BrFN2O2S. The van der Waals surface area contributed by atoms with Gasteiger partial charge >= 0.3 is 0 Å². The molecule has 1 unspecified atom stereocenters. The van der Waals surface area contributed by atoms with Crippen molar-refractivity contribution in [3.63, 3.8) is 0 Å². The van der Waals surface area contributed by atoms with Gasteiger partial charge in [0, 0.05) is 16.2 Å². The summed E-state index contributed by atoms with van der Waals surface area (Å²) in [7, 11) is -3.89. The predicted octanol–water partition coefficient (Wildman–Crippen LogP) is 3.03. The summed E-state index contributed by atoms with van der Waals surface area (Å²) in [6.45, 7) is 1.92. The third-order valence-corrected chi connectivity index (χ3v) is 5.69. The lowest BCUT2D eigenvalue weighted by molar-refractivity contribution is 0.490. The summed E-state index contributed by atoms with van der Waals surface area (Å²) in [5.41, 5.74) is 5.83. The van der Waals surface area contributed by atoms with Gasteiger partial charge in [-0.1, -0.05) is 19.8 Å². The molecule has 1 aliphatic carbocycles. The zero-order chi connectivity index (χ0) is 14.9. The van der Waals surface area contributed by atoms with Crippen LogP contribution in [0.1, 0.15) is 32.6 Å². The number of nitrogen functional groups attached to an aromatic ring is 1. The largest absolute Gasteiger partial charge is 0.398 e. The van der Waals surface area contributed by atoms with Crippen LogP contribution in [0.2, 0.25) is 0 Å². The molecule has 0 saturated heterocycles. The molecule has 1 fully saturated rings. The molecule has 0 radical (unpaired) electrons. The van der Waals surface area contributed by atoms with Crippen molar-refractivity contribution in [1.82, 2.24) is 4.72 Å². The molecule has 1 atom stereocenters. The molecule has 7 heteroatoms. The summed E-state index contributed by atoms with van der Waals surface area (Å²) >= 11 is 3.07. The fraction of sp³-hybridized carbons (Fsp3) is 0.538. The van der Waals surface area contributed by atoms with E-state index in [1.165, 1.54) is 0 Å². The maximum Gasteiger partial charge on any atom is 0.243 e. The summed E-state index contributed by atoms with van der Waals surface area (Å²) in [6.07, 6.45) is 3.79. The van der Waals surface area contributed by atoms with Crippen LogP contribution in [0.25, 0.3) is 0 Å². The second-order valence-electron chi connectivity index (χ2n) is 5.21. The maximum atomic E-state index is 13.9. The second kappa shape index (κ2) is 5.99.